The van der Waals surface area contributed by atoms with Gasteiger partial charge in [-0.1, -0.05) is 24.3 Å². The van der Waals surface area contributed by atoms with E-state index in [1.807, 2.05) is 54.8 Å². The molecule has 2 aromatic carbocycles. The summed E-state index contributed by atoms with van der Waals surface area (Å²) >= 11 is 1.39. The Morgan fingerprint density at radius 1 is 1.15 bits per heavy atom. The number of aromatic nitrogens is 1. The van der Waals surface area contributed by atoms with Crippen LogP contribution in [-0.2, 0) is 24.9 Å². The summed E-state index contributed by atoms with van der Waals surface area (Å²) in [6.07, 6.45) is 0.915. The number of anilines is 1. The number of aryl methyl sites for hydroxylation is 2. The van der Waals surface area contributed by atoms with Crippen molar-refractivity contribution in [2.45, 2.75) is 26.1 Å². The largest absolute Gasteiger partial charge is 0.387 e. The lowest BCUT2D eigenvalue weighted by atomic mass is 10.1. The molecule has 1 aliphatic rings. The molecule has 1 unspecified atom stereocenters. The molecule has 0 aliphatic carbocycles. The number of fused-ring (bicyclic) bond motifs is 1. The third-order valence-corrected chi connectivity index (χ3v) is 8.77. The Hall–Kier alpha value is -3.57. The molecule has 1 atom stereocenters. The number of carbonyl (C=O) groups is 1. The molecule has 10 heteroatoms. The number of morpholine rings is 1. The van der Waals surface area contributed by atoms with Crippen LogP contribution in [0.4, 0.5) is 10.1 Å². The fourth-order valence-corrected chi connectivity index (χ4v) is 6.58. The van der Waals surface area contributed by atoms with Crippen LogP contribution in [0.25, 0.3) is 10.2 Å². The first kappa shape index (κ1) is 28.9. The molecule has 0 spiro atoms. The summed E-state index contributed by atoms with van der Waals surface area (Å²) in [5, 5.41) is 13.7. The number of likely N-dealkylation sites (N-methyl/N-ethyl adjacent to an activating group) is 1. The maximum atomic E-state index is 13.4. The van der Waals surface area contributed by atoms with E-state index in [1.165, 1.54) is 23.5 Å². The number of hydrogen-bond donors (Lipinski definition) is 2. The molecule has 1 fully saturated rings. The Balaban J connectivity index is 1.26. The number of benzene rings is 2. The number of pyridine rings is 1. The average Bonchev–Trinajstić information content (AvgIpc) is 3.31. The number of carbonyl (C=O) groups excluding carboxylic acids is 1. The van der Waals surface area contributed by atoms with Crippen LogP contribution in [0.5, 0.6) is 0 Å². The van der Waals surface area contributed by atoms with Gasteiger partial charge in [-0.25, -0.2) is 4.39 Å². The molecule has 1 aliphatic heterocycles. The van der Waals surface area contributed by atoms with E-state index in [1.54, 1.807) is 18.3 Å². The van der Waals surface area contributed by atoms with E-state index in [0.29, 0.717) is 17.8 Å². The third-order valence-electron chi connectivity index (χ3n) is 7.50. The number of aliphatic hydroxyl groups is 1. The highest BCUT2D eigenvalue weighted by Crippen LogP contribution is 2.30. The molecular weight excluding hydrogens is 543 g/mol. The molecule has 8 nitrogen and oxygen atoms in total. The summed E-state index contributed by atoms with van der Waals surface area (Å²) in [6, 6.07) is 13.9. The summed E-state index contributed by atoms with van der Waals surface area (Å²) in [7, 11) is 3.78. The maximum absolute atomic E-state index is 13.4. The molecule has 0 radical (unpaired) electrons. The predicted molar refractivity (Wildman–Crippen MR) is 160 cm³/mol. The summed E-state index contributed by atoms with van der Waals surface area (Å²) in [5.74, 6) is -0.814. The van der Waals surface area contributed by atoms with Crippen LogP contribution in [0.2, 0.25) is 0 Å². The quantitative estimate of drug-likeness (QED) is 0.313. The molecule has 41 heavy (non-hydrogen) atoms. The van der Waals surface area contributed by atoms with Crippen LogP contribution in [-0.4, -0.2) is 60.4 Å². The lowest BCUT2D eigenvalue weighted by molar-refractivity contribution is 0.0949. The van der Waals surface area contributed by atoms with E-state index in [4.69, 9.17) is 4.74 Å². The minimum Gasteiger partial charge on any atom is -0.387 e. The smallest absolute Gasteiger partial charge is 0.257 e. The van der Waals surface area contributed by atoms with E-state index in [2.05, 4.69) is 10.2 Å². The van der Waals surface area contributed by atoms with Gasteiger partial charge in [0, 0.05) is 56.5 Å². The SMILES string of the molecule is Cc1c(CN(C)CC(O)c2ccc(N3CCOCC3)cc2)sc2c(=O)c(C(=O)NCc3ccc(F)cc3)cn(C)c12. The van der Waals surface area contributed by atoms with Gasteiger partial charge < -0.3 is 24.6 Å². The maximum Gasteiger partial charge on any atom is 0.257 e. The molecule has 2 N–H and O–H groups in total. The van der Waals surface area contributed by atoms with Gasteiger partial charge in [0.05, 0.1) is 29.5 Å². The third kappa shape index (κ3) is 6.51. The highest BCUT2D eigenvalue weighted by atomic mass is 32.1. The molecule has 0 saturated carbocycles. The van der Waals surface area contributed by atoms with Crippen molar-refractivity contribution in [2.24, 2.45) is 7.05 Å². The van der Waals surface area contributed by atoms with E-state index >= 15 is 0 Å². The number of nitrogens with one attached hydrogen (secondary N) is 1. The standard InChI is InChI=1S/C31H35FN4O4S/c1-20-27(19-34(2)18-26(37)22-6-10-24(11-7-22)36-12-14-40-15-13-36)41-30-28(20)35(3)17-25(29(30)38)31(39)33-16-21-4-8-23(32)9-5-21/h4-11,17,26,37H,12-16,18-19H2,1-3H3,(H,33,39). The number of amides is 1. The first-order chi connectivity index (χ1) is 19.7. The normalized spacial score (nSPS) is 14.5. The molecule has 2 aromatic heterocycles. The zero-order chi connectivity index (χ0) is 29.1. The van der Waals surface area contributed by atoms with Crippen LogP contribution >= 0.6 is 11.3 Å². The van der Waals surface area contributed by atoms with E-state index < -0.39 is 12.0 Å². The number of ether oxygens (including phenoxy) is 1. The number of nitrogens with zero attached hydrogens (tertiary/aromatic N) is 3. The Bertz CT molecular complexity index is 1580. The number of hydrogen-bond acceptors (Lipinski definition) is 7. The molecular formula is C31H35FN4O4S. The van der Waals surface area contributed by atoms with Gasteiger partial charge in [-0.05, 0) is 54.9 Å². The predicted octanol–water partition coefficient (Wildman–Crippen LogP) is 3.98. The summed E-state index contributed by atoms with van der Waals surface area (Å²) in [6.45, 7) is 6.34. The van der Waals surface area contributed by atoms with Gasteiger partial charge in [0.1, 0.15) is 11.4 Å². The van der Waals surface area contributed by atoms with Crippen LogP contribution in [0.1, 0.15) is 38.0 Å². The number of thiophene rings is 1. The van der Waals surface area contributed by atoms with Crippen molar-refractivity contribution in [3.05, 3.63) is 97.9 Å². The summed E-state index contributed by atoms with van der Waals surface area (Å²) in [4.78, 5) is 31.6. The highest BCUT2D eigenvalue weighted by molar-refractivity contribution is 7.19. The van der Waals surface area contributed by atoms with Crippen LogP contribution in [0, 0.1) is 12.7 Å². The lowest BCUT2D eigenvalue weighted by Crippen LogP contribution is -2.36. The second-order valence-corrected chi connectivity index (χ2v) is 11.6. The fraction of sp³-hybridized carbons (Fsp3) is 0.355. The van der Waals surface area contributed by atoms with Crippen LogP contribution in [0.3, 0.4) is 0 Å². The van der Waals surface area contributed by atoms with Crippen molar-refractivity contribution >= 4 is 33.1 Å². The minimum atomic E-state index is -0.656. The monoisotopic (exact) mass is 578 g/mol. The zero-order valence-corrected chi connectivity index (χ0v) is 24.3. The van der Waals surface area contributed by atoms with Gasteiger partial charge in [-0.3, -0.25) is 14.5 Å². The number of aliphatic hydroxyl groups excluding tert-OH is 1. The number of halogens is 1. The van der Waals surface area contributed by atoms with Gasteiger partial charge in [0.25, 0.3) is 5.91 Å². The minimum absolute atomic E-state index is 0.0687. The van der Waals surface area contributed by atoms with Crippen molar-refractivity contribution in [1.82, 2.24) is 14.8 Å². The highest BCUT2D eigenvalue weighted by Gasteiger charge is 2.21. The van der Waals surface area contributed by atoms with E-state index in [0.717, 1.165) is 59.1 Å². The van der Waals surface area contributed by atoms with Gasteiger partial charge in [0.2, 0.25) is 5.43 Å². The second-order valence-electron chi connectivity index (χ2n) is 10.5. The Morgan fingerprint density at radius 2 is 1.83 bits per heavy atom. The van der Waals surface area contributed by atoms with Crippen LogP contribution < -0.4 is 15.6 Å². The Labute approximate surface area is 242 Å². The van der Waals surface area contributed by atoms with Crippen molar-refractivity contribution in [3.8, 4) is 0 Å². The van der Waals surface area contributed by atoms with Crippen molar-refractivity contribution in [3.63, 3.8) is 0 Å². The first-order valence-electron chi connectivity index (χ1n) is 13.6. The molecule has 0 bridgehead atoms. The molecule has 216 valence electrons. The molecule has 4 aromatic rings. The van der Waals surface area contributed by atoms with Gasteiger partial charge in [-0.2, -0.15) is 0 Å². The summed E-state index contributed by atoms with van der Waals surface area (Å²) in [5.41, 5.74) is 4.27. The Morgan fingerprint density at radius 3 is 2.51 bits per heavy atom. The van der Waals surface area contributed by atoms with Gasteiger partial charge in [-0.15, -0.1) is 11.3 Å². The fourth-order valence-electron chi connectivity index (χ4n) is 5.20. The van der Waals surface area contributed by atoms with Crippen molar-refractivity contribution < 1.29 is 19.0 Å². The summed E-state index contributed by atoms with van der Waals surface area (Å²) < 4.78 is 21.0. The topological polar surface area (TPSA) is 87.0 Å². The number of rotatable bonds is 9. The average molecular weight is 579 g/mol. The van der Waals surface area contributed by atoms with Gasteiger partial charge in [0.15, 0.2) is 0 Å². The van der Waals surface area contributed by atoms with Gasteiger partial charge >= 0.3 is 0 Å². The lowest BCUT2D eigenvalue weighted by Gasteiger charge is -2.29. The van der Waals surface area contributed by atoms with E-state index in [-0.39, 0.29) is 23.4 Å². The zero-order valence-electron chi connectivity index (χ0n) is 23.5. The molecule has 1 saturated heterocycles. The van der Waals surface area contributed by atoms with Crippen molar-refractivity contribution in [1.29, 1.82) is 0 Å². The molecule has 5 rings (SSSR count). The molecule has 1 amide bonds. The van der Waals surface area contributed by atoms with E-state index in [9.17, 15) is 19.1 Å². The van der Waals surface area contributed by atoms with Crippen LogP contribution in [0.15, 0.2) is 59.5 Å². The van der Waals surface area contributed by atoms with Crippen molar-refractivity contribution in [2.75, 3.05) is 44.8 Å². The second kappa shape index (κ2) is 12.5. The first-order valence-corrected chi connectivity index (χ1v) is 14.5. The Kier molecular flexibility index (Phi) is 8.84. The molecule has 3 heterocycles.